The second-order valence-electron chi connectivity index (χ2n) is 12.3. The second kappa shape index (κ2) is 12.0. The van der Waals surface area contributed by atoms with Crippen LogP contribution in [0.25, 0.3) is 33.7 Å². The van der Waals surface area contributed by atoms with Crippen molar-refractivity contribution in [1.82, 2.24) is 24.3 Å². The van der Waals surface area contributed by atoms with Crippen molar-refractivity contribution in [2.75, 3.05) is 25.5 Å². The van der Waals surface area contributed by atoms with Gasteiger partial charge in [-0.1, -0.05) is 35.9 Å². The van der Waals surface area contributed by atoms with Gasteiger partial charge >= 0.3 is 5.97 Å². The van der Waals surface area contributed by atoms with Gasteiger partial charge in [-0.05, 0) is 67.9 Å². The summed E-state index contributed by atoms with van der Waals surface area (Å²) < 4.78 is 8.03. The lowest BCUT2D eigenvalue weighted by molar-refractivity contribution is -0.141. The Morgan fingerprint density at radius 1 is 1.11 bits per heavy atom. The Morgan fingerprint density at radius 3 is 2.62 bits per heavy atom. The number of halogens is 1. The smallest absolute Gasteiger partial charge is 0.307 e. The zero-order chi connectivity index (χ0) is 33.0. The number of carbonyl (C=O) groups is 2. The average Bonchev–Trinajstić information content (AvgIpc) is 3.83. The van der Waals surface area contributed by atoms with Gasteiger partial charge in [0.25, 0.3) is 5.91 Å². The lowest BCUT2D eigenvalue weighted by atomic mass is 9.96. The molecule has 0 bridgehead atoms. The molecule has 2 N–H and O–H groups in total. The predicted octanol–water partition coefficient (Wildman–Crippen LogP) is 5.83. The number of rotatable bonds is 7. The maximum atomic E-state index is 13.3. The monoisotopic (exact) mass is 649 g/mol. The fourth-order valence-corrected chi connectivity index (χ4v) is 6.95. The van der Waals surface area contributed by atoms with Crippen LogP contribution in [-0.4, -0.2) is 61.5 Å². The molecule has 2 aliphatic rings. The van der Waals surface area contributed by atoms with Gasteiger partial charge in [0.2, 0.25) is 5.89 Å². The maximum Gasteiger partial charge on any atom is 0.307 e. The Balaban J connectivity index is 1.17. The highest BCUT2D eigenvalue weighted by Crippen LogP contribution is 2.39. The van der Waals surface area contributed by atoms with E-state index in [1.54, 1.807) is 12.1 Å². The summed E-state index contributed by atoms with van der Waals surface area (Å²) >= 11 is 6.94. The Hall–Kier alpha value is -5.02. The van der Waals surface area contributed by atoms with E-state index in [4.69, 9.17) is 21.0 Å². The van der Waals surface area contributed by atoms with Gasteiger partial charge in [0, 0.05) is 44.4 Å². The number of carbonyl (C=O) groups excluding carboxylic acids is 1. The second-order valence-corrected chi connectivity index (χ2v) is 12.7. The van der Waals surface area contributed by atoms with E-state index in [1.807, 2.05) is 62.0 Å². The number of benzene rings is 3. The first-order valence-electron chi connectivity index (χ1n) is 15.3. The minimum Gasteiger partial charge on any atom is -0.481 e. The fourth-order valence-electron chi connectivity index (χ4n) is 6.67. The highest BCUT2D eigenvalue weighted by Gasteiger charge is 2.29. The number of aliphatic carboxylic acids is 1. The molecule has 0 aliphatic carbocycles. The van der Waals surface area contributed by atoms with Crippen molar-refractivity contribution in [3.63, 3.8) is 0 Å². The zero-order valence-electron chi connectivity index (χ0n) is 26.2. The van der Waals surface area contributed by atoms with Gasteiger partial charge in [0.1, 0.15) is 11.6 Å². The van der Waals surface area contributed by atoms with Gasteiger partial charge in [-0.15, -0.1) is 0 Å². The molecule has 3 aromatic carbocycles. The van der Waals surface area contributed by atoms with Crippen molar-refractivity contribution in [1.29, 1.82) is 5.26 Å². The van der Waals surface area contributed by atoms with Crippen LogP contribution in [0, 0.1) is 24.2 Å². The molecule has 1 atom stereocenters. The molecule has 0 saturated carbocycles. The van der Waals surface area contributed by atoms with E-state index in [2.05, 4.69) is 26.2 Å². The minimum absolute atomic E-state index is 0.334. The number of aromatic nitrogens is 3. The molecular formula is C35H32ClN7O4. The number of nitrogens with zero attached hydrogens (tertiary/aromatic N) is 6. The third-order valence-corrected chi connectivity index (χ3v) is 9.55. The fraction of sp³-hybridized carbons (Fsp3) is 0.286. The number of hydrogen-bond acceptors (Lipinski definition) is 8. The third-order valence-electron chi connectivity index (χ3n) is 9.14. The molecule has 0 spiro atoms. The van der Waals surface area contributed by atoms with E-state index in [-0.39, 0.29) is 11.8 Å². The van der Waals surface area contributed by atoms with Crippen molar-refractivity contribution < 1.29 is 19.1 Å². The number of nitrogens with one attached hydrogen (secondary N) is 1. The van der Waals surface area contributed by atoms with Crippen molar-refractivity contribution in [2.45, 2.75) is 33.0 Å². The zero-order valence-corrected chi connectivity index (χ0v) is 26.9. The lowest BCUT2D eigenvalue weighted by Gasteiger charge is -2.15. The van der Waals surface area contributed by atoms with Crippen LogP contribution in [0.3, 0.4) is 0 Å². The van der Waals surface area contributed by atoms with Crippen LogP contribution < -0.4 is 5.32 Å². The predicted molar refractivity (Wildman–Crippen MR) is 177 cm³/mol. The molecule has 2 aliphatic heterocycles. The molecule has 7 rings (SSSR count). The first-order valence-corrected chi connectivity index (χ1v) is 15.7. The lowest BCUT2D eigenvalue weighted by Crippen LogP contribution is -2.22. The molecular weight excluding hydrogens is 618 g/mol. The van der Waals surface area contributed by atoms with E-state index in [0.29, 0.717) is 71.7 Å². The van der Waals surface area contributed by atoms with E-state index in [0.717, 1.165) is 45.7 Å². The molecule has 1 saturated heterocycles. The Kier molecular flexibility index (Phi) is 7.80. The van der Waals surface area contributed by atoms with Gasteiger partial charge in [-0.25, -0.2) is 9.97 Å². The molecule has 47 heavy (non-hydrogen) atoms. The number of nitriles is 1. The summed E-state index contributed by atoms with van der Waals surface area (Å²) in [7, 11) is 3.87. The summed E-state index contributed by atoms with van der Waals surface area (Å²) in [5.74, 6) is -0.785. The van der Waals surface area contributed by atoms with Crippen LogP contribution in [0.1, 0.15) is 45.1 Å². The number of carboxylic acid groups (broad SMARTS) is 1. The number of likely N-dealkylation sites (tertiary alicyclic amines) is 1. The van der Waals surface area contributed by atoms with E-state index in [1.165, 1.54) is 0 Å². The molecule has 1 fully saturated rings. The summed E-state index contributed by atoms with van der Waals surface area (Å²) in [4.78, 5) is 38.3. The van der Waals surface area contributed by atoms with Crippen LogP contribution in [0.4, 0.5) is 5.69 Å². The Morgan fingerprint density at radius 2 is 1.87 bits per heavy atom. The molecule has 2 aromatic heterocycles. The molecule has 12 heteroatoms. The summed E-state index contributed by atoms with van der Waals surface area (Å²) in [6, 6.07) is 17.2. The van der Waals surface area contributed by atoms with E-state index < -0.39 is 5.97 Å². The van der Waals surface area contributed by atoms with Gasteiger partial charge in [0.05, 0.1) is 33.6 Å². The topological polar surface area (TPSA) is 141 Å². The molecule has 1 amide bonds. The van der Waals surface area contributed by atoms with Crippen molar-refractivity contribution >= 4 is 40.3 Å². The van der Waals surface area contributed by atoms with E-state index >= 15 is 0 Å². The number of imidazole rings is 1. The molecule has 11 nitrogen and oxygen atoms in total. The number of carboxylic acids is 1. The number of anilines is 1. The highest BCUT2D eigenvalue weighted by atomic mass is 35.5. The Bertz CT molecular complexity index is 2130. The first-order chi connectivity index (χ1) is 22.6. The number of hydrogen-bond donors (Lipinski definition) is 2. The SMILES string of the molecule is Cc1c(-c2nc3cc(CN4CCC(C(=O)O)C4)cc(C#N)c3o2)cccc1-c1cccc(NC(=O)c2nc3c(n2C)CN(C)C3)c1Cl. The molecule has 238 valence electrons. The summed E-state index contributed by atoms with van der Waals surface area (Å²) in [6.07, 6.45) is 0.607. The van der Waals surface area contributed by atoms with Gasteiger partial charge in [-0.2, -0.15) is 5.26 Å². The Labute approximate surface area is 276 Å². The van der Waals surface area contributed by atoms with Gasteiger partial charge in [-0.3, -0.25) is 19.4 Å². The maximum absolute atomic E-state index is 13.3. The van der Waals surface area contributed by atoms with Crippen molar-refractivity contribution in [3.05, 3.63) is 87.5 Å². The average molecular weight is 650 g/mol. The molecule has 5 aromatic rings. The van der Waals surface area contributed by atoms with E-state index in [9.17, 15) is 20.0 Å². The van der Waals surface area contributed by atoms with Crippen molar-refractivity contribution in [3.8, 4) is 28.7 Å². The first kappa shape index (κ1) is 30.6. The quantitative estimate of drug-likeness (QED) is 0.223. The molecule has 1 unspecified atom stereocenters. The molecule has 4 heterocycles. The summed E-state index contributed by atoms with van der Waals surface area (Å²) in [6.45, 7) is 5.08. The van der Waals surface area contributed by atoms with Crippen LogP contribution in [0.15, 0.2) is 52.9 Å². The normalized spacial score (nSPS) is 16.4. The van der Waals surface area contributed by atoms with Crippen LogP contribution in [-0.2, 0) is 31.5 Å². The minimum atomic E-state index is -0.780. The van der Waals surface area contributed by atoms with Crippen LogP contribution >= 0.6 is 11.6 Å². The third kappa shape index (κ3) is 5.54. The van der Waals surface area contributed by atoms with Crippen LogP contribution in [0.2, 0.25) is 5.02 Å². The summed E-state index contributed by atoms with van der Waals surface area (Å²) in [5, 5.41) is 22.6. The highest BCUT2D eigenvalue weighted by molar-refractivity contribution is 6.36. The van der Waals surface area contributed by atoms with Gasteiger partial charge in [0.15, 0.2) is 11.4 Å². The number of oxazole rings is 1. The standard InChI is InChI=1S/C35H32ClN7O4/c1-19-23(25-8-5-9-26(30(25)36)39-33(44)32-38-28-17-41(2)18-29(28)42(32)3)6-4-7-24(19)34-40-27-13-20(12-22(14-37)31(27)47-34)15-43-11-10-21(16-43)35(45)46/h4-9,12-13,21H,10-11,15-18H2,1-3H3,(H,39,44)(H,45,46). The molecule has 0 radical (unpaired) electrons. The summed E-state index contributed by atoms with van der Waals surface area (Å²) in [5.41, 5.74) is 7.79. The largest absolute Gasteiger partial charge is 0.481 e. The number of fused-ring (bicyclic) bond motifs is 2. The number of amides is 1. The van der Waals surface area contributed by atoms with Crippen LogP contribution in [0.5, 0.6) is 0 Å². The van der Waals surface area contributed by atoms with Crippen molar-refractivity contribution in [2.24, 2.45) is 13.0 Å². The van der Waals surface area contributed by atoms with Gasteiger partial charge < -0.3 is 19.4 Å².